The highest BCUT2D eigenvalue weighted by Crippen LogP contribution is 2.45. The summed E-state index contributed by atoms with van der Waals surface area (Å²) in [5.41, 5.74) is 3.64. The number of rotatable bonds is 9. The number of anilines is 1. The maximum atomic E-state index is 13.2. The molecule has 6 rings (SSSR count). The predicted octanol–water partition coefficient (Wildman–Crippen LogP) is 7.15. The van der Waals surface area contributed by atoms with Crippen molar-refractivity contribution in [2.24, 2.45) is 11.8 Å². The summed E-state index contributed by atoms with van der Waals surface area (Å²) in [5, 5.41) is 3.84. The second kappa shape index (κ2) is 14.4. The van der Waals surface area contributed by atoms with E-state index < -0.39 is 6.10 Å². The van der Waals surface area contributed by atoms with Crippen LogP contribution in [0.2, 0.25) is 5.02 Å². The number of carbonyl (C=O) groups excluding carboxylic acids is 2. The molecule has 230 valence electrons. The van der Waals surface area contributed by atoms with E-state index in [1.807, 2.05) is 54.5 Å². The molecule has 3 aliphatic rings. The number of hydrogen-bond donors (Lipinski definition) is 1. The van der Waals surface area contributed by atoms with Crippen molar-refractivity contribution >= 4 is 29.5 Å². The van der Waals surface area contributed by atoms with Gasteiger partial charge in [0.1, 0.15) is 30.1 Å². The van der Waals surface area contributed by atoms with Crippen molar-refractivity contribution in [2.75, 3.05) is 32.6 Å². The number of fused-ring (bicyclic) bond motifs is 3. The maximum absolute atomic E-state index is 13.2. The van der Waals surface area contributed by atoms with Crippen molar-refractivity contribution in [3.05, 3.63) is 70.8 Å². The molecule has 2 aliphatic heterocycles. The van der Waals surface area contributed by atoms with Gasteiger partial charge < -0.3 is 29.1 Å². The molecule has 2 atom stereocenters. The van der Waals surface area contributed by atoms with Crippen LogP contribution in [0.1, 0.15) is 87.4 Å². The zero-order valence-electron chi connectivity index (χ0n) is 25.4. The first kappa shape index (κ1) is 31.1. The number of amides is 1. The number of ether oxygens (including phenoxy) is 2. The van der Waals surface area contributed by atoms with E-state index in [4.69, 9.17) is 21.1 Å². The average molecular weight is 607 g/mol. The number of nitrogens with one attached hydrogen (secondary N) is 1. The van der Waals surface area contributed by atoms with Crippen LogP contribution in [0.5, 0.6) is 5.75 Å². The van der Waals surface area contributed by atoms with Crippen molar-refractivity contribution in [3.8, 4) is 11.4 Å². The third-order valence-corrected chi connectivity index (χ3v) is 8.92. The Hall–Kier alpha value is -3.36. The van der Waals surface area contributed by atoms with Gasteiger partial charge in [-0.3, -0.25) is 4.79 Å². The van der Waals surface area contributed by atoms with Gasteiger partial charge in [-0.05, 0) is 62.3 Å². The van der Waals surface area contributed by atoms with E-state index in [9.17, 15) is 9.59 Å². The Bertz CT molecular complexity index is 1400. The highest BCUT2D eigenvalue weighted by Gasteiger charge is 2.34. The minimum atomic E-state index is -0.460. The molecule has 3 aromatic rings. The van der Waals surface area contributed by atoms with E-state index in [0.29, 0.717) is 23.8 Å². The molecule has 3 heterocycles. The third kappa shape index (κ3) is 7.24. The number of imidazole rings is 1. The van der Waals surface area contributed by atoms with Gasteiger partial charge in [-0.1, -0.05) is 43.5 Å². The molecule has 0 bridgehead atoms. The molecule has 1 saturated heterocycles. The van der Waals surface area contributed by atoms with Crippen molar-refractivity contribution in [3.63, 3.8) is 0 Å². The topological polar surface area (TPSA) is 85.7 Å². The lowest BCUT2D eigenvalue weighted by atomic mass is 9.92. The Morgan fingerprint density at radius 1 is 1.14 bits per heavy atom. The van der Waals surface area contributed by atoms with E-state index in [0.717, 1.165) is 85.1 Å². The molecular formula is C34H43ClN4O4. The molecule has 8 nitrogen and oxygen atoms in total. The predicted molar refractivity (Wildman–Crippen MR) is 169 cm³/mol. The number of aldehydes is 1. The Morgan fingerprint density at radius 3 is 2.58 bits per heavy atom. The first-order chi connectivity index (χ1) is 21.0. The number of carbonyl (C=O) groups is 2. The maximum Gasteiger partial charge on any atom is 0.222 e. The van der Waals surface area contributed by atoms with Crippen molar-refractivity contribution in [1.29, 1.82) is 0 Å². The lowest BCUT2D eigenvalue weighted by Crippen LogP contribution is -2.38. The molecule has 1 aliphatic carbocycles. The number of methoxy groups -OCH3 is 1. The smallest absolute Gasteiger partial charge is 0.222 e. The van der Waals surface area contributed by atoms with Gasteiger partial charge in [-0.2, -0.15) is 0 Å². The van der Waals surface area contributed by atoms with E-state index in [2.05, 4.69) is 21.8 Å². The Balaban J connectivity index is 0.000000668. The van der Waals surface area contributed by atoms with Gasteiger partial charge in [0.25, 0.3) is 0 Å². The van der Waals surface area contributed by atoms with Crippen molar-refractivity contribution in [1.82, 2.24) is 14.5 Å². The summed E-state index contributed by atoms with van der Waals surface area (Å²) in [7, 11) is 3.54. The Labute approximate surface area is 259 Å². The van der Waals surface area contributed by atoms with Crippen LogP contribution in [0.4, 0.5) is 5.69 Å². The van der Waals surface area contributed by atoms with Crippen LogP contribution in [-0.4, -0.2) is 53.9 Å². The fraction of sp³-hybridized carbons (Fsp3) is 0.500. The van der Waals surface area contributed by atoms with Gasteiger partial charge in [0, 0.05) is 61.0 Å². The molecule has 0 radical (unpaired) electrons. The molecule has 9 heteroatoms. The summed E-state index contributed by atoms with van der Waals surface area (Å²) >= 11 is 6.50. The van der Waals surface area contributed by atoms with Crippen LogP contribution >= 0.6 is 11.6 Å². The molecular weight excluding hydrogens is 564 g/mol. The van der Waals surface area contributed by atoms with Gasteiger partial charge in [-0.25, -0.2) is 4.98 Å². The minimum Gasteiger partial charge on any atom is -0.494 e. The number of para-hydroxylation sites is 1. The molecule has 1 N–H and O–H groups in total. The summed E-state index contributed by atoms with van der Waals surface area (Å²) in [6.07, 6.45) is 11.8. The first-order valence-electron chi connectivity index (χ1n) is 15.5. The minimum absolute atomic E-state index is 0.192. The Morgan fingerprint density at radius 2 is 1.93 bits per heavy atom. The van der Waals surface area contributed by atoms with Gasteiger partial charge in [-0.15, -0.1) is 0 Å². The second-order valence-electron chi connectivity index (χ2n) is 11.7. The summed E-state index contributed by atoms with van der Waals surface area (Å²) in [4.78, 5) is 29.5. The molecule has 2 fully saturated rings. The highest BCUT2D eigenvalue weighted by molar-refractivity contribution is 6.30. The number of halogens is 1. The van der Waals surface area contributed by atoms with Gasteiger partial charge >= 0.3 is 0 Å². The summed E-state index contributed by atoms with van der Waals surface area (Å²) in [6.45, 7) is 3.94. The third-order valence-electron chi connectivity index (χ3n) is 8.69. The lowest BCUT2D eigenvalue weighted by Gasteiger charge is -2.32. The monoisotopic (exact) mass is 606 g/mol. The number of piperidine rings is 1. The van der Waals surface area contributed by atoms with Crippen molar-refractivity contribution in [2.45, 2.75) is 70.5 Å². The largest absolute Gasteiger partial charge is 0.494 e. The van der Waals surface area contributed by atoms with Crippen LogP contribution in [0.15, 0.2) is 48.8 Å². The van der Waals surface area contributed by atoms with E-state index >= 15 is 0 Å². The molecule has 1 saturated carbocycles. The second-order valence-corrected chi connectivity index (χ2v) is 12.1. The summed E-state index contributed by atoms with van der Waals surface area (Å²) < 4.78 is 14.8. The number of hydrogen-bond acceptors (Lipinski definition) is 6. The number of benzene rings is 2. The lowest BCUT2D eigenvalue weighted by molar-refractivity contribution is -0.133. The van der Waals surface area contributed by atoms with Crippen LogP contribution in [-0.2, 0) is 14.3 Å². The zero-order valence-corrected chi connectivity index (χ0v) is 26.2. The van der Waals surface area contributed by atoms with Gasteiger partial charge in [0.15, 0.2) is 0 Å². The van der Waals surface area contributed by atoms with Crippen molar-refractivity contribution < 1.29 is 19.1 Å². The van der Waals surface area contributed by atoms with Gasteiger partial charge in [0.05, 0.1) is 18.5 Å². The number of aromatic nitrogens is 2. The van der Waals surface area contributed by atoms with Crippen LogP contribution in [0.3, 0.4) is 0 Å². The molecule has 0 spiro atoms. The SMILES string of the molecule is CCCC1CCN(C(=O)CCC2OC(c3cccc(NC)c3OC)c3cc(Cl)ccc3-n3ccnc32)CC1.O=CC1CC1. The molecule has 2 aromatic carbocycles. The van der Waals surface area contributed by atoms with E-state index in [-0.39, 0.29) is 12.0 Å². The molecule has 43 heavy (non-hydrogen) atoms. The standard InChI is InChI=1S/C30H37ClN4O3.C4H6O/c1-4-6-20-13-16-34(17-14-20)27(36)12-11-26-30-33-15-18-35(30)25-10-9-21(31)19-23(25)28(38-26)22-7-5-8-24(32-2)29(22)37-3;5-3-4-1-2-4/h5,7-10,15,18-20,26,28,32H,4,6,11-14,16-17H2,1-3H3;3-4H,1-2H2. The number of likely N-dealkylation sites (tertiary alicyclic amines) is 1. The van der Waals surface area contributed by atoms with Crippen LogP contribution < -0.4 is 10.1 Å². The molecule has 1 amide bonds. The number of nitrogens with zero attached hydrogens (tertiary/aromatic N) is 3. The van der Waals surface area contributed by atoms with Crippen LogP contribution in [0.25, 0.3) is 5.69 Å². The average Bonchev–Trinajstić information content (AvgIpc) is 3.78. The first-order valence-corrected chi connectivity index (χ1v) is 15.9. The molecule has 1 aromatic heterocycles. The molecule has 2 unspecified atom stereocenters. The van der Waals surface area contributed by atoms with Crippen LogP contribution in [0, 0.1) is 11.8 Å². The Kier molecular flexibility index (Phi) is 10.4. The van der Waals surface area contributed by atoms with Gasteiger partial charge in [0.2, 0.25) is 5.91 Å². The fourth-order valence-corrected chi connectivity index (χ4v) is 6.34. The summed E-state index contributed by atoms with van der Waals surface area (Å²) in [6, 6.07) is 11.8. The quantitative estimate of drug-likeness (QED) is 0.260. The van der Waals surface area contributed by atoms with E-state index in [1.54, 1.807) is 13.3 Å². The highest BCUT2D eigenvalue weighted by atomic mass is 35.5. The zero-order chi connectivity index (χ0) is 30.3. The van der Waals surface area contributed by atoms with E-state index in [1.165, 1.54) is 12.8 Å². The fourth-order valence-electron chi connectivity index (χ4n) is 6.16. The summed E-state index contributed by atoms with van der Waals surface area (Å²) in [5.74, 6) is 2.90. The normalized spacial score (nSPS) is 19.8.